The Morgan fingerprint density at radius 1 is 0.850 bits per heavy atom. The Hall–Kier alpha value is -4.69. The van der Waals surface area contributed by atoms with E-state index in [1.807, 2.05) is 13.0 Å². The van der Waals surface area contributed by atoms with Crippen LogP contribution in [0, 0.1) is 5.82 Å². The number of Topliss-reactive ketones (excluding diaryl/α,β-unsaturated/α-hetero) is 1. The van der Waals surface area contributed by atoms with E-state index in [-0.39, 0.29) is 22.8 Å². The van der Waals surface area contributed by atoms with Gasteiger partial charge in [-0.25, -0.2) is 4.39 Å². The summed E-state index contributed by atoms with van der Waals surface area (Å²) in [4.78, 5) is 39.5. The van der Waals surface area contributed by atoms with Gasteiger partial charge in [-0.1, -0.05) is 42.5 Å². The molecule has 6 nitrogen and oxygen atoms in total. The number of thioether (sulfide) groups is 1. The molecule has 40 heavy (non-hydrogen) atoms. The minimum Gasteiger partial charge on any atom is -0.494 e. The highest BCUT2D eigenvalue weighted by Crippen LogP contribution is 2.24. The average molecular weight is 555 g/mol. The van der Waals surface area contributed by atoms with Gasteiger partial charge in [0.05, 0.1) is 12.4 Å². The van der Waals surface area contributed by atoms with Crippen LogP contribution >= 0.6 is 11.8 Å². The fourth-order valence-corrected chi connectivity index (χ4v) is 4.54. The van der Waals surface area contributed by atoms with Crippen molar-refractivity contribution in [1.29, 1.82) is 0 Å². The zero-order valence-electron chi connectivity index (χ0n) is 21.7. The maximum Gasteiger partial charge on any atom is 0.272 e. The Labute approximate surface area is 236 Å². The van der Waals surface area contributed by atoms with Crippen LogP contribution in [0.4, 0.5) is 10.1 Å². The van der Waals surface area contributed by atoms with Crippen molar-refractivity contribution in [3.63, 3.8) is 0 Å². The number of benzene rings is 4. The van der Waals surface area contributed by atoms with E-state index in [1.54, 1.807) is 84.9 Å². The topological polar surface area (TPSA) is 84.5 Å². The fraction of sp³-hybridized carbons (Fsp3) is 0.0938. The quantitative estimate of drug-likeness (QED) is 0.124. The van der Waals surface area contributed by atoms with E-state index >= 15 is 0 Å². The van der Waals surface area contributed by atoms with Crippen LogP contribution in [-0.2, 0) is 4.79 Å². The summed E-state index contributed by atoms with van der Waals surface area (Å²) < 4.78 is 19.8. The number of ether oxygens (including phenoxy) is 1. The molecule has 0 heterocycles. The minimum absolute atomic E-state index is 0.0405. The molecule has 2 amide bonds. The summed E-state index contributed by atoms with van der Waals surface area (Å²) in [6, 6.07) is 28.4. The van der Waals surface area contributed by atoms with Crippen LogP contribution in [-0.4, -0.2) is 30.0 Å². The zero-order chi connectivity index (χ0) is 28.3. The molecular formula is C32H27FN2O4S. The van der Waals surface area contributed by atoms with Gasteiger partial charge in [0, 0.05) is 27.3 Å². The summed E-state index contributed by atoms with van der Waals surface area (Å²) in [6.45, 7) is 2.45. The van der Waals surface area contributed by atoms with Crippen LogP contribution < -0.4 is 15.4 Å². The van der Waals surface area contributed by atoms with Gasteiger partial charge in [0.25, 0.3) is 11.8 Å². The maximum atomic E-state index is 14.4. The van der Waals surface area contributed by atoms with E-state index in [0.717, 1.165) is 4.90 Å². The van der Waals surface area contributed by atoms with Crippen molar-refractivity contribution in [1.82, 2.24) is 5.32 Å². The Morgan fingerprint density at radius 2 is 1.57 bits per heavy atom. The Morgan fingerprint density at radius 3 is 2.30 bits per heavy atom. The van der Waals surface area contributed by atoms with E-state index in [9.17, 15) is 18.8 Å². The highest BCUT2D eigenvalue weighted by molar-refractivity contribution is 8.00. The highest BCUT2D eigenvalue weighted by atomic mass is 32.2. The van der Waals surface area contributed by atoms with Gasteiger partial charge in [-0.05, 0) is 73.7 Å². The van der Waals surface area contributed by atoms with Crippen molar-refractivity contribution in [2.75, 3.05) is 17.7 Å². The molecular weight excluding hydrogens is 527 g/mol. The number of rotatable bonds is 11. The van der Waals surface area contributed by atoms with Crippen molar-refractivity contribution in [2.45, 2.75) is 11.8 Å². The lowest BCUT2D eigenvalue weighted by atomic mass is 10.1. The second kappa shape index (κ2) is 13.9. The lowest BCUT2D eigenvalue weighted by molar-refractivity contribution is -0.113. The van der Waals surface area contributed by atoms with Crippen LogP contribution in [0.5, 0.6) is 5.75 Å². The van der Waals surface area contributed by atoms with Gasteiger partial charge in [0.1, 0.15) is 17.3 Å². The summed E-state index contributed by atoms with van der Waals surface area (Å²) >= 11 is 1.33. The summed E-state index contributed by atoms with van der Waals surface area (Å²) in [6.07, 6.45) is 1.29. The van der Waals surface area contributed by atoms with Gasteiger partial charge in [-0.3, -0.25) is 14.4 Å². The number of ketones is 1. The first-order valence-corrected chi connectivity index (χ1v) is 13.5. The molecule has 0 saturated carbocycles. The van der Waals surface area contributed by atoms with Crippen LogP contribution in [0.1, 0.15) is 33.2 Å². The van der Waals surface area contributed by atoms with Crippen LogP contribution in [0.3, 0.4) is 0 Å². The molecule has 0 aliphatic heterocycles. The first-order chi connectivity index (χ1) is 19.4. The molecule has 0 fully saturated rings. The number of anilines is 1. The average Bonchev–Trinajstić information content (AvgIpc) is 2.98. The first kappa shape index (κ1) is 28.3. The van der Waals surface area contributed by atoms with Gasteiger partial charge in [-0.15, -0.1) is 11.8 Å². The van der Waals surface area contributed by atoms with Crippen molar-refractivity contribution in [3.05, 3.63) is 131 Å². The van der Waals surface area contributed by atoms with E-state index in [1.165, 1.54) is 30.0 Å². The summed E-state index contributed by atoms with van der Waals surface area (Å²) in [5, 5.41) is 5.36. The number of nitrogens with one attached hydrogen (secondary N) is 2. The number of hydrogen-bond acceptors (Lipinski definition) is 5. The third-order valence-corrected chi connectivity index (χ3v) is 6.68. The lowest BCUT2D eigenvalue weighted by Crippen LogP contribution is -2.30. The number of hydrogen-bond donors (Lipinski definition) is 2. The molecule has 0 radical (unpaired) electrons. The van der Waals surface area contributed by atoms with E-state index in [2.05, 4.69) is 10.6 Å². The SMILES string of the molecule is CCOc1ccc(C(=O)CSc2cccc(NC(=O)/C(=C/c3ccccc3F)NC(=O)c3ccccc3)c2)cc1. The van der Waals surface area contributed by atoms with Crippen molar-refractivity contribution in [3.8, 4) is 5.75 Å². The molecule has 4 aromatic rings. The van der Waals surface area contributed by atoms with Gasteiger partial charge < -0.3 is 15.4 Å². The standard InChI is InChI=1S/C32H27FN2O4S/c1-2-39-26-17-15-22(16-18-26)30(36)21-40-27-13-8-12-25(20-27)34-32(38)29(19-24-11-6-7-14-28(24)33)35-31(37)23-9-4-3-5-10-23/h3-20H,2,21H2,1H3,(H,34,38)(H,35,37)/b29-19-. The predicted octanol–water partition coefficient (Wildman–Crippen LogP) is 6.61. The molecule has 0 aliphatic rings. The number of carbonyl (C=O) groups excluding carboxylic acids is 3. The second-order valence-electron chi connectivity index (χ2n) is 8.55. The molecule has 0 bridgehead atoms. The normalized spacial score (nSPS) is 11.0. The third-order valence-electron chi connectivity index (χ3n) is 5.68. The molecule has 0 aliphatic carbocycles. The smallest absolute Gasteiger partial charge is 0.272 e. The third kappa shape index (κ3) is 7.91. The summed E-state index contributed by atoms with van der Waals surface area (Å²) in [5.74, 6) is -0.788. The zero-order valence-corrected chi connectivity index (χ0v) is 22.5. The Bertz CT molecular complexity index is 1520. The first-order valence-electron chi connectivity index (χ1n) is 12.6. The molecule has 0 spiro atoms. The fourth-order valence-electron chi connectivity index (χ4n) is 3.69. The number of carbonyl (C=O) groups is 3. The molecule has 2 N–H and O–H groups in total. The van der Waals surface area contributed by atoms with E-state index in [4.69, 9.17) is 4.74 Å². The summed E-state index contributed by atoms with van der Waals surface area (Å²) in [5.41, 5.74) is 1.42. The van der Waals surface area contributed by atoms with E-state index < -0.39 is 17.6 Å². The molecule has 4 rings (SSSR count). The molecule has 0 aromatic heterocycles. The number of halogens is 1. The number of amides is 2. The van der Waals surface area contributed by atoms with Gasteiger partial charge >= 0.3 is 0 Å². The minimum atomic E-state index is -0.625. The Balaban J connectivity index is 1.46. The van der Waals surface area contributed by atoms with Crippen LogP contribution in [0.25, 0.3) is 6.08 Å². The van der Waals surface area contributed by atoms with Gasteiger partial charge in [0.15, 0.2) is 5.78 Å². The molecule has 8 heteroatoms. The molecule has 0 unspecified atom stereocenters. The van der Waals surface area contributed by atoms with Gasteiger partial charge in [-0.2, -0.15) is 0 Å². The van der Waals surface area contributed by atoms with E-state index in [0.29, 0.717) is 29.2 Å². The maximum absolute atomic E-state index is 14.4. The lowest BCUT2D eigenvalue weighted by Gasteiger charge is -2.12. The Kier molecular flexibility index (Phi) is 9.85. The molecule has 202 valence electrons. The van der Waals surface area contributed by atoms with Crippen LogP contribution in [0.2, 0.25) is 0 Å². The van der Waals surface area contributed by atoms with Crippen LogP contribution in [0.15, 0.2) is 114 Å². The van der Waals surface area contributed by atoms with Gasteiger partial charge in [0.2, 0.25) is 0 Å². The van der Waals surface area contributed by atoms with Crippen molar-refractivity contribution < 1.29 is 23.5 Å². The summed E-state index contributed by atoms with van der Waals surface area (Å²) in [7, 11) is 0. The molecule has 0 saturated heterocycles. The molecule has 0 atom stereocenters. The van der Waals surface area contributed by atoms with Crippen molar-refractivity contribution >= 4 is 41.1 Å². The molecule has 4 aromatic carbocycles. The van der Waals surface area contributed by atoms with Crippen molar-refractivity contribution in [2.24, 2.45) is 0 Å². The monoisotopic (exact) mass is 554 g/mol. The predicted molar refractivity (Wildman–Crippen MR) is 156 cm³/mol. The second-order valence-corrected chi connectivity index (χ2v) is 9.60. The highest BCUT2D eigenvalue weighted by Gasteiger charge is 2.16. The largest absolute Gasteiger partial charge is 0.494 e.